The van der Waals surface area contributed by atoms with Crippen LogP contribution in [-0.2, 0) is 15.1 Å². The normalized spacial score (nSPS) is 23.6. The highest BCUT2D eigenvalue weighted by Gasteiger charge is 2.46. The van der Waals surface area contributed by atoms with E-state index in [1.54, 1.807) is 19.1 Å². The lowest BCUT2D eigenvalue weighted by molar-refractivity contribution is -0.204. The van der Waals surface area contributed by atoms with Crippen molar-refractivity contribution in [1.29, 1.82) is 5.26 Å². The Kier molecular flexibility index (Phi) is 3.25. The first-order valence-electron chi connectivity index (χ1n) is 6.95. The van der Waals surface area contributed by atoms with Crippen molar-refractivity contribution in [3.63, 3.8) is 0 Å². The predicted octanol–water partition coefficient (Wildman–Crippen LogP) is 1.77. The number of ether oxygens (including phenoxy) is 2. The fourth-order valence-electron chi connectivity index (χ4n) is 3.02. The Bertz CT molecular complexity index is 549. The van der Waals surface area contributed by atoms with E-state index >= 15 is 0 Å². The minimum Gasteiger partial charge on any atom is -0.384 e. The zero-order valence-electron chi connectivity index (χ0n) is 11.6. The molecule has 1 aromatic heterocycles. The number of aliphatic hydroxyl groups is 1. The van der Waals surface area contributed by atoms with Crippen LogP contribution in [0.2, 0.25) is 0 Å². The molecular weight excluding hydrogens is 256 g/mol. The number of aryl methyl sites for hydroxylation is 1. The van der Waals surface area contributed by atoms with Crippen LogP contribution >= 0.6 is 0 Å². The molecule has 0 aromatic carbocycles. The van der Waals surface area contributed by atoms with Gasteiger partial charge in [-0.15, -0.1) is 0 Å². The molecule has 20 heavy (non-hydrogen) atoms. The highest BCUT2D eigenvalue weighted by atomic mass is 16.7. The number of hydrogen-bond donors (Lipinski definition) is 1. The molecular formula is C15H18N2O3. The highest BCUT2D eigenvalue weighted by Crippen LogP contribution is 2.44. The summed E-state index contributed by atoms with van der Waals surface area (Å²) >= 11 is 0. The standard InChI is InChI=1S/C15H18N2O3/c1-11-12(10-16)2-3-13(17-11)14(18)4-6-15(7-5-14)19-8-9-20-15/h2-3,18H,4-9H2,1H3. The first-order valence-corrected chi connectivity index (χ1v) is 6.95. The summed E-state index contributed by atoms with van der Waals surface area (Å²) in [6, 6.07) is 5.57. The maximum Gasteiger partial charge on any atom is 0.168 e. The topological polar surface area (TPSA) is 75.4 Å². The molecule has 5 heteroatoms. The van der Waals surface area contributed by atoms with E-state index in [9.17, 15) is 5.11 Å². The maximum absolute atomic E-state index is 10.8. The van der Waals surface area contributed by atoms with E-state index in [4.69, 9.17) is 14.7 Å². The van der Waals surface area contributed by atoms with Crippen LogP contribution < -0.4 is 0 Å². The van der Waals surface area contributed by atoms with Crippen LogP contribution in [0.5, 0.6) is 0 Å². The molecule has 1 N–H and O–H groups in total. The van der Waals surface area contributed by atoms with Crippen LogP contribution in [-0.4, -0.2) is 29.1 Å². The second kappa shape index (κ2) is 4.81. The van der Waals surface area contributed by atoms with Crippen molar-refractivity contribution in [2.75, 3.05) is 13.2 Å². The van der Waals surface area contributed by atoms with Crippen molar-refractivity contribution >= 4 is 0 Å². The fourth-order valence-corrected chi connectivity index (χ4v) is 3.02. The first-order chi connectivity index (χ1) is 9.57. The maximum atomic E-state index is 10.8. The number of nitrogens with zero attached hydrogens (tertiary/aromatic N) is 2. The largest absolute Gasteiger partial charge is 0.384 e. The number of nitriles is 1. The molecule has 1 spiro atoms. The van der Waals surface area contributed by atoms with Crippen molar-refractivity contribution in [2.45, 2.75) is 44.0 Å². The van der Waals surface area contributed by atoms with Crippen molar-refractivity contribution in [3.05, 3.63) is 29.1 Å². The Labute approximate surface area is 118 Å². The van der Waals surface area contributed by atoms with Gasteiger partial charge in [-0.3, -0.25) is 4.98 Å². The van der Waals surface area contributed by atoms with Crippen LogP contribution in [0.25, 0.3) is 0 Å². The van der Waals surface area contributed by atoms with Crippen LogP contribution in [0.15, 0.2) is 12.1 Å². The van der Waals surface area contributed by atoms with Gasteiger partial charge in [0.2, 0.25) is 0 Å². The van der Waals surface area contributed by atoms with Crippen LogP contribution in [0, 0.1) is 18.3 Å². The molecule has 1 aliphatic heterocycles. The van der Waals surface area contributed by atoms with Crippen LogP contribution in [0.4, 0.5) is 0 Å². The van der Waals surface area contributed by atoms with Gasteiger partial charge in [0.05, 0.1) is 30.2 Å². The first kappa shape index (κ1) is 13.5. The van der Waals surface area contributed by atoms with E-state index < -0.39 is 11.4 Å². The summed E-state index contributed by atoms with van der Waals surface area (Å²) in [4.78, 5) is 4.40. The summed E-state index contributed by atoms with van der Waals surface area (Å²) < 4.78 is 11.3. The van der Waals surface area contributed by atoms with Gasteiger partial charge in [-0.25, -0.2) is 0 Å². The van der Waals surface area contributed by atoms with Gasteiger partial charge in [-0.05, 0) is 31.9 Å². The predicted molar refractivity (Wildman–Crippen MR) is 70.7 cm³/mol. The molecule has 1 saturated carbocycles. The molecule has 0 unspecified atom stereocenters. The Hall–Kier alpha value is -1.48. The SMILES string of the molecule is Cc1nc(C2(O)CCC3(CC2)OCCO3)ccc1C#N. The zero-order chi connectivity index (χ0) is 14.2. The average Bonchev–Trinajstić information content (AvgIpc) is 2.91. The lowest BCUT2D eigenvalue weighted by Crippen LogP contribution is -2.42. The minimum absolute atomic E-state index is 0.492. The van der Waals surface area contributed by atoms with E-state index in [1.807, 2.05) is 0 Å². The van der Waals surface area contributed by atoms with Gasteiger partial charge in [-0.1, -0.05) is 0 Å². The van der Waals surface area contributed by atoms with Crippen LogP contribution in [0.3, 0.4) is 0 Å². The van der Waals surface area contributed by atoms with Gasteiger partial charge in [0, 0.05) is 12.8 Å². The monoisotopic (exact) mass is 274 g/mol. The van der Waals surface area contributed by atoms with Crippen molar-refractivity contribution in [3.8, 4) is 6.07 Å². The van der Waals surface area contributed by atoms with Crippen molar-refractivity contribution < 1.29 is 14.6 Å². The lowest BCUT2D eigenvalue weighted by Gasteiger charge is -2.40. The third-order valence-corrected chi connectivity index (χ3v) is 4.34. The van der Waals surface area contributed by atoms with Crippen molar-refractivity contribution in [1.82, 2.24) is 4.98 Å². The van der Waals surface area contributed by atoms with Crippen molar-refractivity contribution in [2.24, 2.45) is 0 Å². The van der Waals surface area contributed by atoms with E-state index in [2.05, 4.69) is 11.1 Å². The second-order valence-electron chi connectivity index (χ2n) is 5.58. The quantitative estimate of drug-likeness (QED) is 0.844. The molecule has 106 valence electrons. The number of aromatic nitrogens is 1. The van der Waals surface area contributed by atoms with Gasteiger partial charge >= 0.3 is 0 Å². The number of rotatable bonds is 1. The summed E-state index contributed by atoms with van der Waals surface area (Å²) in [7, 11) is 0. The molecule has 2 heterocycles. The molecule has 2 aliphatic rings. The Balaban J connectivity index is 1.80. The molecule has 2 fully saturated rings. The molecule has 1 aromatic rings. The molecule has 3 rings (SSSR count). The fraction of sp³-hybridized carbons (Fsp3) is 0.600. The summed E-state index contributed by atoms with van der Waals surface area (Å²) in [6.07, 6.45) is 2.46. The van der Waals surface area contributed by atoms with Crippen LogP contribution in [0.1, 0.15) is 42.6 Å². The molecule has 0 bridgehead atoms. The summed E-state index contributed by atoms with van der Waals surface area (Å²) in [5, 5.41) is 19.8. The number of hydrogen-bond acceptors (Lipinski definition) is 5. The molecule has 1 aliphatic carbocycles. The molecule has 0 atom stereocenters. The van der Waals surface area contributed by atoms with Gasteiger partial charge in [-0.2, -0.15) is 5.26 Å². The van der Waals surface area contributed by atoms with E-state index in [0.717, 1.165) is 0 Å². The smallest absolute Gasteiger partial charge is 0.168 e. The Morgan fingerprint density at radius 1 is 1.20 bits per heavy atom. The Morgan fingerprint density at radius 2 is 1.85 bits per heavy atom. The molecule has 5 nitrogen and oxygen atoms in total. The lowest BCUT2D eigenvalue weighted by atomic mass is 9.79. The van der Waals surface area contributed by atoms with Gasteiger partial charge in [0.25, 0.3) is 0 Å². The van der Waals surface area contributed by atoms with Gasteiger partial charge < -0.3 is 14.6 Å². The summed E-state index contributed by atoms with van der Waals surface area (Å²) in [6.45, 7) is 3.05. The van der Waals surface area contributed by atoms with Gasteiger partial charge in [0.1, 0.15) is 11.7 Å². The van der Waals surface area contributed by atoms with E-state index in [1.165, 1.54) is 0 Å². The second-order valence-corrected chi connectivity index (χ2v) is 5.58. The van der Waals surface area contributed by atoms with E-state index in [-0.39, 0.29) is 0 Å². The molecule has 0 amide bonds. The third kappa shape index (κ3) is 2.20. The van der Waals surface area contributed by atoms with Gasteiger partial charge in [0.15, 0.2) is 5.79 Å². The average molecular weight is 274 g/mol. The minimum atomic E-state index is -0.945. The summed E-state index contributed by atoms with van der Waals surface area (Å²) in [5.41, 5.74) is 0.903. The summed E-state index contributed by atoms with van der Waals surface area (Å²) in [5.74, 6) is -0.492. The third-order valence-electron chi connectivity index (χ3n) is 4.34. The van der Waals surface area contributed by atoms with E-state index in [0.29, 0.717) is 55.8 Å². The highest BCUT2D eigenvalue weighted by molar-refractivity contribution is 5.34. The molecule has 0 radical (unpaired) electrons. The molecule has 1 saturated heterocycles. The zero-order valence-corrected chi connectivity index (χ0v) is 11.6. The number of pyridine rings is 1. The Morgan fingerprint density at radius 3 is 2.40 bits per heavy atom.